The predicted molar refractivity (Wildman–Crippen MR) is 118 cm³/mol. The van der Waals surface area contributed by atoms with E-state index in [1.54, 1.807) is 24.3 Å². The second-order valence-electron chi connectivity index (χ2n) is 7.47. The van der Waals surface area contributed by atoms with Crippen molar-refractivity contribution in [2.75, 3.05) is 26.2 Å². The number of nitrogens with zero attached hydrogens (tertiary/aromatic N) is 4. The zero-order chi connectivity index (χ0) is 22.3. The fraction of sp³-hybridized carbons (Fsp3) is 0.364. The fourth-order valence-electron chi connectivity index (χ4n) is 3.48. The van der Waals surface area contributed by atoms with E-state index in [9.17, 15) is 10.1 Å². The summed E-state index contributed by atoms with van der Waals surface area (Å²) in [4.78, 5) is 17.6. The van der Waals surface area contributed by atoms with E-state index in [2.05, 4.69) is 15.0 Å². The van der Waals surface area contributed by atoms with Crippen LogP contribution >= 0.6 is 11.6 Å². The van der Waals surface area contributed by atoms with Crippen LogP contribution in [0.25, 0.3) is 11.4 Å². The number of likely N-dealkylation sites (tertiary alicyclic amines) is 1. The number of nitro benzene ring substituents is 1. The number of halogens is 1. The van der Waals surface area contributed by atoms with Crippen LogP contribution in [0, 0.1) is 10.1 Å². The van der Waals surface area contributed by atoms with Crippen molar-refractivity contribution in [3.8, 4) is 17.1 Å². The molecule has 0 radical (unpaired) electrons. The molecule has 0 saturated carbocycles. The Morgan fingerprint density at radius 1 is 1.12 bits per heavy atom. The van der Waals surface area contributed by atoms with Crippen molar-refractivity contribution in [3.63, 3.8) is 0 Å². The van der Waals surface area contributed by atoms with Gasteiger partial charge in [-0.3, -0.25) is 15.0 Å². The molecule has 0 spiro atoms. The summed E-state index contributed by atoms with van der Waals surface area (Å²) < 4.78 is 16.5. The van der Waals surface area contributed by atoms with Crippen LogP contribution in [0.2, 0.25) is 5.02 Å². The molecule has 9 nitrogen and oxygen atoms in total. The van der Waals surface area contributed by atoms with E-state index >= 15 is 0 Å². The summed E-state index contributed by atoms with van der Waals surface area (Å²) in [6.07, 6.45) is 2.38. The Morgan fingerprint density at radius 2 is 1.91 bits per heavy atom. The Hall–Kier alpha value is -3.01. The maximum Gasteiger partial charge on any atom is 0.311 e. The molecule has 32 heavy (non-hydrogen) atoms. The van der Waals surface area contributed by atoms with Gasteiger partial charge >= 0.3 is 5.69 Å². The Bertz CT molecular complexity index is 1050. The van der Waals surface area contributed by atoms with Crippen molar-refractivity contribution in [2.45, 2.75) is 26.1 Å². The first-order valence-electron chi connectivity index (χ1n) is 10.4. The van der Waals surface area contributed by atoms with Crippen molar-refractivity contribution in [1.29, 1.82) is 0 Å². The van der Waals surface area contributed by atoms with Crippen molar-refractivity contribution in [3.05, 3.63) is 69.1 Å². The molecule has 1 aromatic heterocycles. The molecule has 168 valence electrons. The number of aromatic nitrogens is 2. The normalized spacial score (nSPS) is 14.0. The van der Waals surface area contributed by atoms with E-state index in [4.69, 9.17) is 25.6 Å². The van der Waals surface area contributed by atoms with Gasteiger partial charge in [-0.2, -0.15) is 4.98 Å². The third-order valence-electron chi connectivity index (χ3n) is 5.15. The number of rotatable bonds is 10. The van der Waals surface area contributed by atoms with Gasteiger partial charge in [0.05, 0.1) is 11.5 Å². The highest BCUT2D eigenvalue weighted by Gasteiger charge is 2.20. The molecule has 0 N–H and O–H groups in total. The molecule has 10 heteroatoms. The summed E-state index contributed by atoms with van der Waals surface area (Å²) in [5, 5.41) is 16.1. The monoisotopic (exact) mass is 458 g/mol. The largest absolute Gasteiger partial charge is 0.485 e. The van der Waals surface area contributed by atoms with E-state index in [-0.39, 0.29) is 29.8 Å². The average Bonchev–Trinajstić information content (AvgIpc) is 3.48. The first kappa shape index (κ1) is 22.2. The maximum absolute atomic E-state index is 11.5. The molecular weight excluding hydrogens is 436 g/mol. The summed E-state index contributed by atoms with van der Waals surface area (Å²) in [6, 6.07) is 12.0. The molecule has 1 saturated heterocycles. The second kappa shape index (κ2) is 10.5. The highest BCUT2D eigenvalue weighted by Crippen LogP contribution is 2.31. The summed E-state index contributed by atoms with van der Waals surface area (Å²) in [6.45, 7) is 3.74. The minimum atomic E-state index is -0.467. The second-order valence-corrected chi connectivity index (χ2v) is 7.90. The van der Waals surface area contributed by atoms with Crippen LogP contribution in [-0.4, -0.2) is 46.2 Å². The summed E-state index contributed by atoms with van der Waals surface area (Å²) in [5.74, 6) is 0.761. The molecular formula is C22H23ClN4O5. The molecule has 0 unspecified atom stereocenters. The summed E-state index contributed by atoms with van der Waals surface area (Å²) in [5.41, 5.74) is 1.30. The standard InChI is InChI=1S/C22H23ClN4O5/c23-18-6-3-16(4-7-18)14-30-15-21-24-22(25-32-21)17-5-8-20(19(13-17)27(28)29)31-12-11-26-9-1-2-10-26/h3-8,13H,1-2,9-12,14-15H2. The zero-order valence-corrected chi connectivity index (χ0v) is 18.2. The van der Waals surface area contributed by atoms with Crippen LogP contribution in [-0.2, 0) is 18.0 Å². The Kier molecular flexibility index (Phi) is 7.31. The van der Waals surface area contributed by atoms with E-state index in [1.807, 2.05) is 12.1 Å². The third kappa shape index (κ3) is 5.82. The zero-order valence-electron chi connectivity index (χ0n) is 17.4. The molecule has 3 aromatic rings. The van der Waals surface area contributed by atoms with Gasteiger partial charge in [0.25, 0.3) is 5.89 Å². The molecule has 0 atom stereocenters. The van der Waals surface area contributed by atoms with Crippen LogP contribution in [0.5, 0.6) is 5.75 Å². The third-order valence-corrected chi connectivity index (χ3v) is 5.41. The van der Waals surface area contributed by atoms with Gasteiger partial charge < -0.3 is 14.0 Å². The van der Waals surface area contributed by atoms with Gasteiger partial charge in [0.1, 0.15) is 13.2 Å². The smallest absolute Gasteiger partial charge is 0.311 e. The minimum Gasteiger partial charge on any atom is -0.485 e. The van der Waals surface area contributed by atoms with Crippen molar-refractivity contribution >= 4 is 17.3 Å². The lowest BCUT2D eigenvalue weighted by Crippen LogP contribution is -2.25. The molecule has 0 amide bonds. The van der Waals surface area contributed by atoms with Gasteiger partial charge in [-0.05, 0) is 55.8 Å². The first-order valence-corrected chi connectivity index (χ1v) is 10.7. The van der Waals surface area contributed by atoms with Gasteiger partial charge in [0, 0.05) is 23.2 Å². The minimum absolute atomic E-state index is 0.120. The number of hydrogen-bond donors (Lipinski definition) is 0. The topological polar surface area (TPSA) is 104 Å². The molecule has 4 rings (SSSR count). The Balaban J connectivity index is 1.36. The van der Waals surface area contributed by atoms with Crippen LogP contribution in [0.15, 0.2) is 47.0 Å². The number of ether oxygens (including phenoxy) is 2. The summed E-state index contributed by atoms with van der Waals surface area (Å²) in [7, 11) is 0. The van der Waals surface area contributed by atoms with Crippen LogP contribution in [0.3, 0.4) is 0 Å². The molecule has 2 heterocycles. The molecule has 1 fully saturated rings. The van der Waals surface area contributed by atoms with Gasteiger partial charge in [0.2, 0.25) is 5.82 Å². The summed E-state index contributed by atoms with van der Waals surface area (Å²) >= 11 is 5.87. The molecule has 1 aliphatic heterocycles. The highest BCUT2D eigenvalue weighted by molar-refractivity contribution is 6.30. The van der Waals surface area contributed by atoms with E-state index in [0.29, 0.717) is 23.8 Å². The quantitative estimate of drug-likeness (QED) is 0.323. The average molecular weight is 459 g/mol. The SMILES string of the molecule is O=[N+]([O-])c1cc(-c2noc(COCc3ccc(Cl)cc3)n2)ccc1OCCN1CCCC1. The maximum atomic E-state index is 11.5. The predicted octanol–water partition coefficient (Wildman–Crippen LogP) is 4.49. The first-order chi connectivity index (χ1) is 15.6. The fourth-order valence-corrected chi connectivity index (χ4v) is 3.61. The van der Waals surface area contributed by atoms with Crippen LogP contribution in [0.1, 0.15) is 24.3 Å². The number of hydrogen-bond acceptors (Lipinski definition) is 8. The van der Waals surface area contributed by atoms with E-state index < -0.39 is 4.92 Å². The lowest BCUT2D eigenvalue weighted by atomic mass is 10.2. The molecule has 0 aliphatic carbocycles. The van der Waals surface area contributed by atoms with Crippen molar-refractivity contribution < 1.29 is 18.9 Å². The molecule has 2 aromatic carbocycles. The van der Waals surface area contributed by atoms with Gasteiger partial charge in [-0.15, -0.1) is 0 Å². The Labute approximate surface area is 190 Å². The Morgan fingerprint density at radius 3 is 2.66 bits per heavy atom. The molecule has 1 aliphatic rings. The number of benzene rings is 2. The number of nitro groups is 1. The van der Waals surface area contributed by atoms with Gasteiger partial charge in [-0.1, -0.05) is 28.9 Å². The van der Waals surface area contributed by atoms with Crippen LogP contribution in [0.4, 0.5) is 5.69 Å². The van der Waals surface area contributed by atoms with Crippen molar-refractivity contribution in [1.82, 2.24) is 15.0 Å². The van der Waals surface area contributed by atoms with Crippen LogP contribution < -0.4 is 4.74 Å². The highest BCUT2D eigenvalue weighted by atomic mass is 35.5. The van der Waals surface area contributed by atoms with Gasteiger partial charge in [0.15, 0.2) is 5.75 Å². The van der Waals surface area contributed by atoms with E-state index in [1.165, 1.54) is 18.9 Å². The van der Waals surface area contributed by atoms with E-state index in [0.717, 1.165) is 25.2 Å². The lowest BCUT2D eigenvalue weighted by Gasteiger charge is -2.15. The molecule has 0 bridgehead atoms. The van der Waals surface area contributed by atoms with Crippen molar-refractivity contribution in [2.24, 2.45) is 0 Å². The lowest BCUT2D eigenvalue weighted by molar-refractivity contribution is -0.385. The van der Waals surface area contributed by atoms with Gasteiger partial charge in [-0.25, -0.2) is 0 Å².